The van der Waals surface area contributed by atoms with E-state index in [4.69, 9.17) is 10.5 Å². The molecule has 0 aliphatic heterocycles. The standard InChI is InChI=1S/C14H14INO/c1-10(16)11-4-2-6-13(8-11)17-14-7-3-5-12(15)9-14/h2-10H,16H2,1H3. The molecule has 2 rings (SSSR count). The van der Waals surface area contributed by atoms with Crippen LogP contribution < -0.4 is 10.5 Å². The summed E-state index contributed by atoms with van der Waals surface area (Å²) >= 11 is 2.27. The minimum atomic E-state index is 0.0226. The summed E-state index contributed by atoms with van der Waals surface area (Å²) in [5.74, 6) is 1.67. The first-order valence-corrected chi connectivity index (χ1v) is 6.52. The van der Waals surface area contributed by atoms with Gasteiger partial charge in [-0.2, -0.15) is 0 Å². The second-order valence-corrected chi connectivity index (χ2v) is 5.17. The summed E-state index contributed by atoms with van der Waals surface area (Å²) in [4.78, 5) is 0. The summed E-state index contributed by atoms with van der Waals surface area (Å²) in [7, 11) is 0. The van der Waals surface area contributed by atoms with E-state index in [1.165, 1.54) is 0 Å². The normalized spacial score (nSPS) is 12.2. The second-order valence-electron chi connectivity index (χ2n) is 3.92. The van der Waals surface area contributed by atoms with Gasteiger partial charge in [-0.05, 0) is 65.4 Å². The Morgan fingerprint density at radius 2 is 1.71 bits per heavy atom. The third-order valence-corrected chi connectivity index (χ3v) is 3.09. The fourth-order valence-electron chi connectivity index (χ4n) is 1.53. The van der Waals surface area contributed by atoms with Crippen molar-refractivity contribution < 1.29 is 4.74 Å². The molecule has 0 fully saturated rings. The molecular weight excluding hydrogens is 325 g/mol. The lowest BCUT2D eigenvalue weighted by molar-refractivity contribution is 0.481. The predicted octanol–water partition coefficient (Wildman–Crippen LogP) is 4.10. The first kappa shape index (κ1) is 12.4. The zero-order chi connectivity index (χ0) is 12.3. The van der Waals surface area contributed by atoms with Crippen molar-refractivity contribution in [1.82, 2.24) is 0 Å². The van der Waals surface area contributed by atoms with E-state index in [0.717, 1.165) is 20.6 Å². The van der Waals surface area contributed by atoms with E-state index in [1.54, 1.807) is 0 Å². The van der Waals surface area contributed by atoms with Gasteiger partial charge in [0.05, 0.1) is 0 Å². The van der Waals surface area contributed by atoms with Crippen molar-refractivity contribution in [1.29, 1.82) is 0 Å². The van der Waals surface area contributed by atoms with Gasteiger partial charge < -0.3 is 10.5 Å². The number of ether oxygens (including phenoxy) is 1. The first-order valence-electron chi connectivity index (χ1n) is 5.44. The van der Waals surface area contributed by atoms with Gasteiger partial charge in [0.15, 0.2) is 0 Å². The highest BCUT2D eigenvalue weighted by Gasteiger charge is 2.02. The van der Waals surface area contributed by atoms with Crippen molar-refractivity contribution >= 4 is 22.6 Å². The molecule has 0 heterocycles. The van der Waals surface area contributed by atoms with Gasteiger partial charge in [0, 0.05) is 9.61 Å². The van der Waals surface area contributed by atoms with Crippen molar-refractivity contribution in [3.05, 3.63) is 57.7 Å². The summed E-state index contributed by atoms with van der Waals surface area (Å²) in [6, 6.07) is 15.9. The molecule has 0 saturated carbocycles. The number of hydrogen-bond donors (Lipinski definition) is 1. The van der Waals surface area contributed by atoms with Crippen LogP contribution in [0.5, 0.6) is 11.5 Å². The molecule has 0 saturated heterocycles. The molecule has 1 atom stereocenters. The van der Waals surface area contributed by atoms with Gasteiger partial charge in [0.1, 0.15) is 11.5 Å². The van der Waals surface area contributed by atoms with E-state index in [9.17, 15) is 0 Å². The van der Waals surface area contributed by atoms with E-state index in [-0.39, 0.29) is 6.04 Å². The molecule has 2 aromatic rings. The largest absolute Gasteiger partial charge is 0.457 e. The zero-order valence-corrected chi connectivity index (χ0v) is 11.7. The summed E-state index contributed by atoms with van der Waals surface area (Å²) in [6.07, 6.45) is 0. The smallest absolute Gasteiger partial charge is 0.128 e. The van der Waals surface area contributed by atoms with Crippen molar-refractivity contribution in [2.75, 3.05) is 0 Å². The molecule has 2 N–H and O–H groups in total. The van der Waals surface area contributed by atoms with Gasteiger partial charge in [-0.3, -0.25) is 0 Å². The van der Waals surface area contributed by atoms with E-state index in [1.807, 2.05) is 55.5 Å². The monoisotopic (exact) mass is 339 g/mol. The van der Waals surface area contributed by atoms with E-state index in [0.29, 0.717) is 0 Å². The number of nitrogens with two attached hydrogens (primary N) is 1. The predicted molar refractivity (Wildman–Crippen MR) is 78.3 cm³/mol. The maximum atomic E-state index is 5.84. The Kier molecular flexibility index (Phi) is 4.02. The molecule has 88 valence electrons. The second kappa shape index (κ2) is 5.51. The number of hydrogen-bond acceptors (Lipinski definition) is 2. The Hall–Kier alpha value is -1.07. The van der Waals surface area contributed by atoms with Gasteiger partial charge in [0.2, 0.25) is 0 Å². The summed E-state index contributed by atoms with van der Waals surface area (Å²) in [5, 5.41) is 0. The number of halogens is 1. The minimum absolute atomic E-state index is 0.0226. The van der Waals surface area contributed by atoms with Crippen LogP contribution in [0.4, 0.5) is 0 Å². The Balaban J connectivity index is 2.21. The fraction of sp³-hybridized carbons (Fsp3) is 0.143. The highest BCUT2D eigenvalue weighted by atomic mass is 127. The molecule has 2 nitrogen and oxygen atoms in total. The molecule has 0 aliphatic carbocycles. The summed E-state index contributed by atoms with van der Waals surface area (Å²) in [5.41, 5.74) is 6.92. The molecule has 0 aromatic heterocycles. The van der Waals surface area contributed by atoms with Crippen LogP contribution >= 0.6 is 22.6 Å². The lowest BCUT2D eigenvalue weighted by Crippen LogP contribution is -2.04. The molecule has 0 spiro atoms. The van der Waals surface area contributed by atoms with Gasteiger partial charge in [-0.25, -0.2) is 0 Å². The number of rotatable bonds is 3. The van der Waals surface area contributed by atoms with Crippen LogP contribution in [0.15, 0.2) is 48.5 Å². The van der Waals surface area contributed by atoms with E-state index in [2.05, 4.69) is 22.6 Å². The zero-order valence-electron chi connectivity index (χ0n) is 9.56. The maximum absolute atomic E-state index is 5.84. The Morgan fingerprint density at radius 1 is 1.06 bits per heavy atom. The Morgan fingerprint density at radius 3 is 2.35 bits per heavy atom. The fourth-order valence-corrected chi connectivity index (χ4v) is 2.04. The van der Waals surface area contributed by atoms with Crippen molar-refractivity contribution in [3.63, 3.8) is 0 Å². The molecular formula is C14H14INO. The summed E-state index contributed by atoms with van der Waals surface area (Å²) in [6.45, 7) is 1.96. The SMILES string of the molecule is CC(N)c1cccc(Oc2cccc(I)c2)c1. The van der Waals surface area contributed by atoms with Gasteiger partial charge in [-0.1, -0.05) is 18.2 Å². The molecule has 3 heteroatoms. The van der Waals surface area contributed by atoms with Crippen LogP contribution in [0.2, 0.25) is 0 Å². The third-order valence-electron chi connectivity index (χ3n) is 2.42. The molecule has 1 unspecified atom stereocenters. The molecule has 0 amide bonds. The third kappa shape index (κ3) is 3.44. The van der Waals surface area contributed by atoms with Crippen LogP contribution in [0.1, 0.15) is 18.5 Å². The summed E-state index contributed by atoms with van der Waals surface area (Å²) < 4.78 is 6.95. The van der Waals surface area contributed by atoms with Crippen LogP contribution in [0.25, 0.3) is 0 Å². The average molecular weight is 339 g/mol. The van der Waals surface area contributed by atoms with Gasteiger partial charge in [0.25, 0.3) is 0 Å². The lowest BCUT2D eigenvalue weighted by Gasteiger charge is -2.09. The molecule has 2 aromatic carbocycles. The molecule has 0 bridgehead atoms. The van der Waals surface area contributed by atoms with Crippen LogP contribution in [0.3, 0.4) is 0 Å². The van der Waals surface area contributed by atoms with E-state index >= 15 is 0 Å². The van der Waals surface area contributed by atoms with Crippen molar-refractivity contribution in [2.45, 2.75) is 13.0 Å². The topological polar surface area (TPSA) is 35.2 Å². The van der Waals surface area contributed by atoms with E-state index < -0.39 is 0 Å². The maximum Gasteiger partial charge on any atom is 0.128 e. The van der Waals surface area contributed by atoms with Crippen LogP contribution in [-0.2, 0) is 0 Å². The van der Waals surface area contributed by atoms with Crippen LogP contribution in [0, 0.1) is 3.57 Å². The lowest BCUT2D eigenvalue weighted by atomic mass is 10.1. The highest BCUT2D eigenvalue weighted by molar-refractivity contribution is 14.1. The van der Waals surface area contributed by atoms with Gasteiger partial charge in [-0.15, -0.1) is 0 Å². The van der Waals surface area contributed by atoms with Crippen molar-refractivity contribution in [3.8, 4) is 11.5 Å². The average Bonchev–Trinajstić information content (AvgIpc) is 2.29. The molecule has 17 heavy (non-hydrogen) atoms. The molecule has 0 radical (unpaired) electrons. The van der Waals surface area contributed by atoms with Gasteiger partial charge >= 0.3 is 0 Å². The Labute approximate surface area is 115 Å². The quantitative estimate of drug-likeness (QED) is 0.855. The minimum Gasteiger partial charge on any atom is -0.457 e. The molecule has 0 aliphatic rings. The Bertz CT molecular complexity index is 511. The highest BCUT2D eigenvalue weighted by Crippen LogP contribution is 2.24. The van der Waals surface area contributed by atoms with Crippen molar-refractivity contribution in [2.24, 2.45) is 5.73 Å². The van der Waals surface area contributed by atoms with Crippen LogP contribution in [-0.4, -0.2) is 0 Å². The number of benzene rings is 2. The first-order chi connectivity index (χ1) is 8.15.